The number of ether oxygens (including phenoxy) is 1. The van der Waals surface area contributed by atoms with E-state index in [1.807, 2.05) is 133 Å². The molecule has 270 valence electrons. The highest BCUT2D eigenvalue weighted by Crippen LogP contribution is 2.37. The predicted octanol–water partition coefficient (Wildman–Crippen LogP) is 10.4. The number of unbranched alkanes of at least 4 members (excludes halogenated alkanes) is 1. The molecule has 6 aromatic carbocycles. The number of carbonyl (C=O) groups is 3. The molecule has 3 amide bonds. The van der Waals surface area contributed by atoms with E-state index in [-0.39, 0.29) is 11.6 Å². The lowest BCUT2D eigenvalue weighted by Crippen LogP contribution is -2.30. The molecule has 0 aliphatic rings. The summed E-state index contributed by atoms with van der Waals surface area (Å²) in [4.78, 5) is 41.6. The topological polar surface area (TPSA) is 96.5 Å². The van der Waals surface area contributed by atoms with Gasteiger partial charge in [0.15, 0.2) is 0 Å². The molecule has 0 saturated heterocycles. The first kappa shape index (κ1) is 37.4. The summed E-state index contributed by atoms with van der Waals surface area (Å²) in [6.07, 6.45) is 3.69. The maximum absolute atomic E-state index is 13.9. The first-order valence-corrected chi connectivity index (χ1v) is 18.7. The van der Waals surface area contributed by atoms with Gasteiger partial charge in [-0.1, -0.05) is 123 Å². The van der Waals surface area contributed by atoms with E-state index in [0.29, 0.717) is 23.5 Å². The Morgan fingerprint density at radius 1 is 0.667 bits per heavy atom. The van der Waals surface area contributed by atoms with Crippen LogP contribution in [0.1, 0.15) is 46.5 Å². The number of amides is 3. The van der Waals surface area contributed by atoms with E-state index in [4.69, 9.17) is 4.74 Å². The van der Waals surface area contributed by atoms with E-state index < -0.39 is 17.1 Å². The first-order chi connectivity index (χ1) is 26.4. The van der Waals surface area contributed by atoms with Crippen molar-refractivity contribution in [3.05, 3.63) is 186 Å². The predicted molar refractivity (Wildman–Crippen MR) is 219 cm³/mol. The van der Waals surface area contributed by atoms with Crippen LogP contribution in [0.15, 0.2) is 174 Å². The minimum absolute atomic E-state index is 0.0812. The Morgan fingerprint density at radius 3 is 2.00 bits per heavy atom. The fourth-order valence-electron chi connectivity index (χ4n) is 5.57. The molecule has 0 fully saturated rings. The Labute approximate surface area is 320 Å². The van der Waals surface area contributed by atoms with Gasteiger partial charge in [-0.05, 0) is 89.3 Å². The molecule has 1 atom stereocenters. The Hall–Kier alpha value is -6.38. The molecular weight excluding hydrogens is 691 g/mol. The van der Waals surface area contributed by atoms with Gasteiger partial charge < -0.3 is 20.7 Å². The zero-order valence-corrected chi connectivity index (χ0v) is 30.7. The molecule has 0 spiro atoms. The molecule has 0 aliphatic heterocycles. The van der Waals surface area contributed by atoms with Crippen molar-refractivity contribution in [3.63, 3.8) is 0 Å². The summed E-state index contributed by atoms with van der Waals surface area (Å²) < 4.78 is 5.77. The van der Waals surface area contributed by atoms with Gasteiger partial charge in [0.25, 0.3) is 11.8 Å². The molecule has 0 saturated carbocycles. The second-order valence-corrected chi connectivity index (χ2v) is 13.7. The average Bonchev–Trinajstić information content (AvgIpc) is 3.21. The highest BCUT2D eigenvalue weighted by atomic mass is 32.2. The van der Waals surface area contributed by atoms with Crippen LogP contribution in [0.5, 0.6) is 5.75 Å². The largest absolute Gasteiger partial charge is 0.494 e. The third-order valence-corrected chi connectivity index (χ3v) is 9.68. The Kier molecular flexibility index (Phi) is 13.1. The van der Waals surface area contributed by atoms with Crippen LogP contribution in [0.25, 0.3) is 17.2 Å². The van der Waals surface area contributed by atoms with Crippen molar-refractivity contribution in [2.24, 2.45) is 0 Å². The minimum Gasteiger partial charge on any atom is -0.494 e. The van der Waals surface area contributed by atoms with Gasteiger partial charge in [0, 0.05) is 21.8 Å². The Morgan fingerprint density at radius 2 is 1.31 bits per heavy atom. The highest BCUT2D eigenvalue weighted by Gasteiger charge is 2.23. The van der Waals surface area contributed by atoms with E-state index >= 15 is 0 Å². The SMILES string of the molecule is CCCCOc1ccc(NC(=O)C(Sc2cccc(NC(=O)/C(=C\c3ccc(-c4ccccc4)cc3)NC(=O)c3ccccc3)c2)c2ccccc2)cc1. The molecule has 6 rings (SSSR count). The molecule has 1 unspecified atom stereocenters. The van der Waals surface area contributed by atoms with Crippen molar-refractivity contribution >= 4 is 46.9 Å². The standard InChI is InChI=1S/C46H41N3O4S/c1-2-3-30-53-40-28-26-38(27-29-40)47-46(52)43(36-16-9-5-10-17-36)54-41-21-13-20-39(32-41)48-45(51)42(49-44(50)37-18-11-6-12-19-37)31-33-22-24-35(25-23-33)34-14-7-4-8-15-34/h4-29,31-32,43H,2-3,30H2,1H3,(H,47,52)(H,48,51)(H,49,50)/b42-31+. The third kappa shape index (κ3) is 10.6. The van der Waals surface area contributed by atoms with Crippen molar-refractivity contribution in [2.75, 3.05) is 17.2 Å². The van der Waals surface area contributed by atoms with Crippen LogP contribution in [0, 0.1) is 0 Å². The van der Waals surface area contributed by atoms with Crippen LogP contribution in [0.4, 0.5) is 11.4 Å². The lowest BCUT2D eigenvalue weighted by molar-refractivity contribution is -0.116. The van der Waals surface area contributed by atoms with Crippen molar-refractivity contribution in [1.82, 2.24) is 5.32 Å². The van der Waals surface area contributed by atoms with Crippen LogP contribution >= 0.6 is 11.8 Å². The number of nitrogens with one attached hydrogen (secondary N) is 3. The summed E-state index contributed by atoms with van der Waals surface area (Å²) in [5.74, 6) is -0.328. The van der Waals surface area contributed by atoms with Crippen LogP contribution in [0.3, 0.4) is 0 Å². The number of thioether (sulfide) groups is 1. The lowest BCUT2D eigenvalue weighted by Gasteiger charge is -2.18. The number of rotatable bonds is 15. The number of benzene rings is 6. The van der Waals surface area contributed by atoms with E-state index in [2.05, 4.69) is 22.9 Å². The normalized spacial score (nSPS) is 11.6. The minimum atomic E-state index is -0.586. The summed E-state index contributed by atoms with van der Waals surface area (Å²) in [6.45, 7) is 2.77. The molecule has 0 radical (unpaired) electrons. The van der Waals surface area contributed by atoms with Crippen molar-refractivity contribution in [2.45, 2.75) is 29.9 Å². The zero-order valence-electron chi connectivity index (χ0n) is 29.9. The highest BCUT2D eigenvalue weighted by molar-refractivity contribution is 8.00. The summed E-state index contributed by atoms with van der Waals surface area (Å²) in [7, 11) is 0. The third-order valence-electron chi connectivity index (χ3n) is 8.43. The van der Waals surface area contributed by atoms with Crippen molar-refractivity contribution in [3.8, 4) is 16.9 Å². The summed E-state index contributed by atoms with van der Waals surface area (Å²) >= 11 is 1.37. The van der Waals surface area contributed by atoms with Gasteiger partial charge >= 0.3 is 0 Å². The van der Waals surface area contributed by atoms with Crippen LogP contribution < -0.4 is 20.7 Å². The average molecular weight is 732 g/mol. The summed E-state index contributed by atoms with van der Waals surface area (Å²) in [5.41, 5.74) is 5.37. The fraction of sp³-hybridized carbons (Fsp3) is 0.109. The molecule has 0 bridgehead atoms. The maximum Gasteiger partial charge on any atom is 0.272 e. The van der Waals surface area contributed by atoms with Crippen LogP contribution in [0.2, 0.25) is 0 Å². The van der Waals surface area contributed by atoms with Crippen LogP contribution in [-0.4, -0.2) is 24.3 Å². The van der Waals surface area contributed by atoms with Gasteiger partial charge in [0.2, 0.25) is 5.91 Å². The fourth-order valence-corrected chi connectivity index (χ4v) is 6.65. The van der Waals surface area contributed by atoms with Crippen molar-refractivity contribution < 1.29 is 19.1 Å². The second-order valence-electron chi connectivity index (χ2n) is 12.5. The molecule has 54 heavy (non-hydrogen) atoms. The summed E-state index contributed by atoms with van der Waals surface area (Å²) in [6, 6.07) is 50.8. The van der Waals surface area contributed by atoms with Gasteiger partial charge in [0.05, 0.1) is 6.61 Å². The number of anilines is 2. The van der Waals surface area contributed by atoms with E-state index in [1.165, 1.54) is 11.8 Å². The van der Waals surface area contributed by atoms with Gasteiger partial charge in [-0.15, -0.1) is 11.8 Å². The first-order valence-electron chi connectivity index (χ1n) is 17.9. The molecule has 7 nitrogen and oxygen atoms in total. The molecule has 0 aromatic heterocycles. The molecule has 0 aliphatic carbocycles. The molecule has 6 aromatic rings. The van der Waals surface area contributed by atoms with Gasteiger partial charge in [-0.25, -0.2) is 0 Å². The Balaban J connectivity index is 1.20. The smallest absolute Gasteiger partial charge is 0.272 e. The number of hydrogen-bond donors (Lipinski definition) is 3. The second kappa shape index (κ2) is 18.9. The number of hydrogen-bond acceptors (Lipinski definition) is 5. The van der Waals surface area contributed by atoms with E-state index in [1.54, 1.807) is 36.4 Å². The molecule has 8 heteroatoms. The van der Waals surface area contributed by atoms with Gasteiger partial charge in [0.1, 0.15) is 16.7 Å². The van der Waals surface area contributed by atoms with Gasteiger partial charge in [-0.2, -0.15) is 0 Å². The van der Waals surface area contributed by atoms with E-state index in [9.17, 15) is 14.4 Å². The number of carbonyl (C=O) groups excluding carboxylic acids is 3. The van der Waals surface area contributed by atoms with Gasteiger partial charge in [-0.3, -0.25) is 14.4 Å². The van der Waals surface area contributed by atoms with Crippen molar-refractivity contribution in [1.29, 1.82) is 0 Å². The molecular formula is C46H41N3O4S. The maximum atomic E-state index is 13.9. The monoisotopic (exact) mass is 731 g/mol. The molecule has 0 heterocycles. The zero-order chi connectivity index (χ0) is 37.5. The quantitative estimate of drug-likeness (QED) is 0.0555. The summed E-state index contributed by atoms with van der Waals surface area (Å²) in [5, 5.41) is 8.23. The lowest BCUT2D eigenvalue weighted by atomic mass is 10.0. The van der Waals surface area contributed by atoms with E-state index in [0.717, 1.165) is 45.7 Å². The Bertz CT molecular complexity index is 2170. The molecule has 3 N–H and O–H groups in total. The van der Waals surface area contributed by atoms with Crippen LogP contribution in [-0.2, 0) is 9.59 Å².